The number of aliphatic hydroxyl groups is 1. The monoisotopic (exact) mass is 231 g/mol. The predicted octanol–water partition coefficient (Wildman–Crippen LogP) is 1.23. The molecule has 4 nitrogen and oxygen atoms in total. The molecule has 88 valence electrons. The normalized spacial score (nSPS) is 14.9. The van der Waals surface area contributed by atoms with Crippen molar-refractivity contribution in [1.29, 1.82) is 0 Å². The molecule has 0 aliphatic carbocycles. The molecule has 1 N–H and O–H groups in total. The van der Waals surface area contributed by atoms with E-state index in [1.165, 1.54) is 12.2 Å². The van der Waals surface area contributed by atoms with Gasteiger partial charge < -0.3 is 5.11 Å². The van der Waals surface area contributed by atoms with Gasteiger partial charge in [-0.3, -0.25) is 9.59 Å². The van der Waals surface area contributed by atoms with Crippen molar-refractivity contribution in [3.05, 3.63) is 41.0 Å². The Morgan fingerprint density at radius 1 is 1.06 bits per heavy atom. The van der Waals surface area contributed by atoms with Crippen molar-refractivity contribution in [3.63, 3.8) is 0 Å². The number of rotatable bonds is 2. The van der Waals surface area contributed by atoms with Crippen LogP contribution in [0.4, 0.5) is 5.69 Å². The fraction of sp³-hybridized carbons (Fsp3) is 0.231. The quantitative estimate of drug-likeness (QED) is 0.779. The zero-order chi connectivity index (χ0) is 12.6. The first-order valence-corrected chi connectivity index (χ1v) is 5.31. The standard InChI is InChI=1S/C13H13NO3/c1-8-5-10(6-9(2)11(8)7-15)14-12(16)3-4-13(14)17/h3-6,15H,7H2,1-2H3. The van der Waals surface area contributed by atoms with E-state index in [2.05, 4.69) is 0 Å². The maximum Gasteiger partial charge on any atom is 0.258 e. The van der Waals surface area contributed by atoms with E-state index >= 15 is 0 Å². The van der Waals surface area contributed by atoms with Gasteiger partial charge >= 0.3 is 0 Å². The molecule has 0 aromatic heterocycles. The molecule has 1 aromatic carbocycles. The Morgan fingerprint density at radius 2 is 1.53 bits per heavy atom. The molecule has 17 heavy (non-hydrogen) atoms. The lowest BCUT2D eigenvalue weighted by atomic mass is 10.0. The fourth-order valence-corrected chi connectivity index (χ4v) is 2.00. The molecule has 1 aromatic rings. The lowest BCUT2D eigenvalue weighted by Crippen LogP contribution is -2.29. The van der Waals surface area contributed by atoms with E-state index in [4.69, 9.17) is 0 Å². The summed E-state index contributed by atoms with van der Waals surface area (Å²) in [6.45, 7) is 3.65. The molecular formula is C13H13NO3. The predicted molar refractivity (Wildman–Crippen MR) is 63.5 cm³/mol. The van der Waals surface area contributed by atoms with Gasteiger partial charge in [-0.05, 0) is 42.7 Å². The highest BCUT2D eigenvalue weighted by molar-refractivity contribution is 6.28. The third kappa shape index (κ3) is 1.87. The van der Waals surface area contributed by atoms with E-state index in [1.54, 1.807) is 12.1 Å². The minimum absolute atomic E-state index is 0.0436. The molecule has 4 heteroatoms. The van der Waals surface area contributed by atoms with Crippen LogP contribution in [-0.4, -0.2) is 16.9 Å². The Balaban J connectivity index is 2.48. The Bertz CT molecular complexity index is 490. The minimum Gasteiger partial charge on any atom is -0.392 e. The third-order valence-electron chi connectivity index (χ3n) is 2.91. The van der Waals surface area contributed by atoms with Crippen LogP contribution in [0, 0.1) is 13.8 Å². The van der Waals surface area contributed by atoms with Crippen molar-refractivity contribution in [1.82, 2.24) is 0 Å². The maximum atomic E-state index is 11.5. The molecule has 0 bridgehead atoms. The highest BCUT2D eigenvalue weighted by Gasteiger charge is 2.25. The van der Waals surface area contributed by atoms with E-state index in [0.29, 0.717) is 5.69 Å². The summed E-state index contributed by atoms with van der Waals surface area (Å²) in [4.78, 5) is 24.2. The summed E-state index contributed by atoms with van der Waals surface area (Å²) in [5, 5.41) is 9.20. The first-order chi connectivity index (χ1) is 8.04. The smallest absolute Gasteiger partial charge is 0.258 e. The number of amides is 2. The van der Waals surface area contributed by atoms with Gasteiger partial charge in [0, 0.05) is 12.2 Å². The highest BCUT2D eigenvalue weighted by Crippen LogP contribution is 2.25. The summed E-state index contributed by atoms with van der Waals surface area (Å²) in [7, 11) is 0. The van der Waals surface area contributed by atoms with Crippen molar-refractivity contribution in [3.8, 4) is 0 Å². The zero-order valence-corrected chi connectivity index (χ0v) is 9.73. The van der Waals surface area contributed by atoms with Crippen LogP contribution < -0.4 is 4.90 Å². The first-order valence-electron chi connectivity index (χ1n) is 5.31. The molecule has 0 radical (unpaired) electrons. The molecule has 2 amide bonds. The summed E-state index contributed by atoms with van der Waals surface area (Å²) in [5.74, 6) is -0.656. The number of benzene rings is 1. The fourth-order valence-electron chi connectivity index (χ4n) is 2.00. The van der Waals surface area contributed by atoms with Crippen molar-refractivity contribution in [2.24, 2.45) is 0 Å². The van der Waals surface area contributed by atoms with Crippen molar-refractivity contribution < 1.29 is 14.7 Å². The van der Waals surface area contributed by atoms with E-state index in [0.717, 1.165) is 21.6 Å². The lowest BCUT2D eigenvalue weighted by molar-refractivity contribution is -0.119. The summed E-state index contributed by atoms with van der Waals surface area (Å²) in [6.07, 6.45) is 2.51. The summed E-state index contributed by atoms with van der Waals surface area (Å²) >= 11 is 0. The molecule has 0 fully saturated rings. The SMILES string of the molecule is Cc1cc(N2C(=O)C=CC2=O)cc(C)c1CO. The van der Waals surface area contributed by atoms with Crippen LogP contribution in [-0.2, 0) is 16.2 Å². The second kappa shape index (κ2) is 4.14. The number of carbonyl (C=O) groups excluding carboxylic acids is 2. The lowest BCUT2D eigenvalue weighted by Gasteiger charge is -2.17. The van der Waals surface area contributed by atoms with Crippen LogP contribution in [0.5, 0.6) is 0 Å². The van der Waals surface area contributed by atoms with Gasteiger partial charge in [0.15, 0.2) is 0 Å². The largest absolute Gasteiger partial charge is 0.392 e. The number of nitrogens with zero attached hydrogens (tertiary/aromatic N) is 1. The van der Waals surface area contributed by atoms with Crippen molar-refractivity contribution >= 4 is 17.5 Å². The third-order valence-corrected chi connectivity index (χ3v) is 2.91. The van der Waals surface area contributed by atoms with Crippen LogP contribution in [0.1, 0.15) is 16.7 Å². The van der Waals surface area contributed by atoms with Gasteiger partial charge in [0.05, 0.1) is 12.3 Å². The Morgan fingerprint density at radius 3 is 1.94 bits per heavy atom. The average molecular weight is 231 g/mol. The summed E-state index contributed by atoms with van der Waals surface area (Å²) < 4.78 is 0. The van der Waals surface area contributed by atoms with Crippen molar-refractivity contribution in [2.45, 2.75) is 20.5 Å². The number of carbonyl (C=O) groups is 2. The van der Waals surface area contributed by atoms with Gasteiger partial charge in [-0.2, -0.15) is 0 Å². The number of aryl methyl sites for hydroxylation is 2. The van der Waals surface area contributed by atoms with Gasteiger partial charge in [-0.25, -0.2) is 4.90 Å². The second-order valence-electron chi connectivity index (χ2n) is 4.06. The maximum absolute atomic E-state index is 11.5. The van der Waals surface area contributed by atoms with Crippen LogP contribution >= 0.6 is 0 Å². The molecule has 0 saturated carbocycles. The van der Waals surface area contributed by atoms with Crippen LogP contribution in [0.25, 0.3) is 0 Å². The second-order valence-corrected chi connectivity index (χ2v) is 4.06. The van der Waals surface area contributed by atoms with E-state index in [-0.39, 0.29) is 18.4 Å². The molecule has 1 aliphatic heterocycles. The Hall–Kier alpha value is -1.94. The molecule has 1 aliphatic rings. The van der Waals surface area contributed by atoms with Gasteiger partial charge in [0.2, 0.25) is 0 Å². The average Bonchev–Trinajstić information content (AvgIpc) is 2.58. The van der Waals surface area contributed by atoms with Crippen LogP contribution in [0.3, 0.4) is 0 Å². The van der Waals surface area contributed by atoms with E-state index in [1.807, 2.05) is 13.8 Å². The summed E-state index contributed by atoms with van der Waals surface area (Å²) in [5.41, 5.74) is 3.13. The van der Waals surface area contributed by atoms with Crippen LogP contribution in [0.15, 0.2) is 24.3 Å². The number of hydrogen-bond donors (Lipinski definition) is 1. The molecule has 0 saturated heterocycles. The van der Waals surface area contributed by atoms with Gasteiger partial charge in [0.25, 0.3) is 11.8 Å². The topological polar surface area (TPSA) is 57.6 Å². The highest BCUT2D eigenvalue weighted by atomic mass is 16.3. The minimum atomic E-state index is -0.328. The van der Waals surface area contributed by atoms with E-state index in [9.17, 15) is 14.7 Å². The van der Waals surface area contributed by atoms with Gasteiger partial charge in [-0.1, -0.05) is 0 Å². The molecule has 0 spiro atoms. The zero-order valence-electron chi connectivity index (χ0n) is 9.73. The van der Waals surface area contributed by atoms with Crippen LogP contribution in [0.2, 0.25) is 0 Å². The number of anilines is 1. The van der Waals surface area contributed by atoms with Gasteiger partial charge in [0.1, 0.15) is 0 Å². The van der Waals surface area contributed by atoms with Crippen molar-refractivity contribution in [2.75, 3.05) is 4.90 Å². The Kier molecular flexibility index (Phi) is 2.81. The first kappa shape index (κ1) is 11.5. The molecule has 1 heterocycles. The number of imide groups is 1. The number of aliphatic hydroxyl groups excluding tert-OH is 1. The van der Waals surface area contributed by atoms with Gasteiger partial charge in [-0.15, -0.1) is 0 Å². The molecular weight excluding hydrogens is 218 g/mol. The molecule has 0 unspecified atom stereocenters. The number of hydrogen-bond acceptors (Lipinski definition) is 3. The molecule has 2 rings (SSSR count). The summed E-state index contributed by atoms with van der Waals surface area (Å²) in [6, 6.07) is 3.47. The van der Waals surface area contributed by atoms with E-state index < -0.39 is 0 Å². The molecule has 0 atom stereocenters. The Labute approximate surface area is 99.2 Å².